The van der Waals surface area contributed by atoms with E-state index in [2.05, 4.69) is 52.8 Å². The highest BCUT2D eigenvalue weighted by molar-refractivity contribution is 7.98. The van der Waals surface area contributed by atoms with Gasteiger partial charge in [0.25, 0.3) is 0 Å². The fourth-order valence-corrected chi connectivity index (χ4v) is 5.53. The molecule has 10 heteroatoms. The number of hydrogen-bond donors (Lipinski definition) is 5. The Balaban J connectivity index is 2.08. The van der Waals surface area contributed by atoms with Gasteiger partial charge in [0, 0.05) is 28.8 Å². The van der Waals surface area contributed by atoms with Crippen molar-refractivity contribution in [3.63, 3.8) is 0 Å². The van der Waals surface area contributed by atoms with Crippen LogP contribution < -0.4 is 21.7 Å². The Hall–Kier alpha value is -1.04. The molecule has 7 nitrogen and oxygen atoms in total. The lowest BCUT2D eigenvalue weighted by atomic mass is 10.1. The number of fused-ring (bicyclic) bond motifs is 12. The summed E-state index contributed by atoms with van der Waals surface area (Å²) in [5.41, 5.74) is 7.75. The normalized spacial score (nSPS) is 21.8. The van der Waals surface area contributed by atoms with Crippen molar-refractivity contribution < 1.29 is 14.4 Å². The standard InChI is InChI=1S/C21H32N4O3S3/c1-2-23-17-12-30-10-14-3-5-15(6-4-14)11-31-13-18(25-8-19(17)26)20(27)7-24-16(9-29)21(22)28/h3-6,16-18,23-25,29H,2,7-13H2,1H3,(H2,22,28)/t16-,17-,18-/m0/s1. The maximum absolute atomic E-state index is 12.8. The van der Waals surface area contributed by atoms with Crippen LogP contribution in [0.3, 0.4) is 0 Å². The molecule has 0 saturated heterocycles. The van der Waals surface area contributed by atoms with E-state index in [1.807, 2.05) is 6.92 Å². The van der Waals surface area contributed by atoms with Gasteiger partial charge in [-0.1, -0.05) is 31.2 Å². The monoisotopic (exact) mass is 484 g/mol. The molecule has 5 N–H and O–H groups in total. The number of carbonyl (C=O) groups excluding carboxylic acids is 3. The molecule has 0 fully saturated rings. The molecule has 0 radical (unpaired) electrons. The van der Waals surface area contributed by atoms with E-state index in [1.165, 1.54) is 11.1 Å². The molecule has 3 atom stereocenters. The molecule has 172 valence electrons. The summed E-state index contributed by atoms with van der Waals surface area (Å²) >= 11 is 7.46. The Morgan fingerprint density at radius 1 is 1.19 bits per heavy atom. The number of thiol groups is 1. The molecule has 0 spiro atoms. The van der Waals surface area contributed by atoms with Gasteiger partial charge >= 0.3 is 0 Å². The molecular weight excluding hydrogens is 452 g/mol. The SMILES string of the molecule is CCN[C@H]1CSCc2ccc(cc2)CSC[C@@H](C(=O)CN[C@@H](CS)C(N)=O)NCC1=O. The van der Waals surface area contributed by atoms with Crippen molar-refractivity contribution in [1.29, 1.82) is 0 Å². The first kappa shape index (κ1) is 26.2. The van der Waals surface area contributed by atoms with Crippen LogP contribution in [0.25, 0.3) is 0 Å². The van der Waals surface area contributed by atoms with E-state index in [0.717, 1.165) is 11.5 Å². The van der Waals surface area contributed by atoms with Crippen molar-refractivity contribution in [2.45, 2.75) is 36.6 Å². The van der Waals surface area contributed by atoms with Crippen molar-refractivity contribution in [2.75, 3.05) is 36.9 Å². The zero-order chi connectivity index (χ0) is 22.6. The molecule has 2 aliphatic rings. The summed E-state index contributed by atoms with van der Waals surface area (Å²) in [5.74, 6) is 2.44. The van der Waals surface area contributed by atoms with E-state index >= 15 is 0 Å². The summed E-state index contributed by atoms with van der Waals surface area (Å²) in [4.78, 5) is 37.0. The number of nitrogens with two attached hydrogens (primary N) is 1. The highest BCUT2D eigenvalue weighted by atomic mass is 32.2. The smallest absolute Gasteiger partial charge is 0.235 e. The summed E-state index contributed by atoms with van der Waals surface area (Å²) in [7, 11) is 0. The van der Waals surface area contributed by atoms with Gasteiger partial charge in [0.05, 0.1) is 31.2 Å². The largest absolute Gasteiger partial charge is 0.368 e. The fourth-order valence-electron chi connectivity index (χ4n) is 3.05. The summed E-state index contributed by atoms with van der Waals surface area (Å²) in [6, 6.07) is 7.04. The lowest BCUT2D eigenvalue weighted by molar-refractivity contribution is -0.121. The minimum atomic E-state index is -0.669. The average molecular weight is 485 g/mol. The first-order valence-electron chi connectivity index (χ1n) is 10.3. The van der Waals surface area contributed by atoms with E-state index in [9.17, 15) is 14.4 Å². The lowest BCUT2D eigenvalue weighted by Gasteiger charge is -2.21. The van der Waals surface area contributed by atoms with Crippen LogP contribution >= 0.6 is 36.2 Å². The van der Waals surface area contributed by atoms with E-state index in [4.69, 9.17) is 5.73 Å². The van der Waals surface area contributed by atoms with Crippen molar-refractivity contribution in [2.24, 2.45) is 5.73 Å². The first-order valence-corrected chi connectivity index (χ1v) is 13.3. The number of ketones is 2. The molecule has 1 aromatic rings. The molecule has 3 rings (SSSR count). The van der Waals surface area contributed by atoms with Gasteiger partial charge in [-0.2, -0.15) is 36.2 Å². The molecular formula is C21H32N4O3S3. The Bertz CT molecular complexity index is 733. The third kappa shape index (κ3) is 9.15. The van der Waals surface area contributed by atoms with Gasteiger partial charge in [0.1, 0.15) is 0 Å². The van der Waals surface area contributed by atoms with Crippen LogP contribution in [-0.2, 0) is 25.9 Å². The van der Waals surface area contributed by atoms with E-state index < -0.39 is 18.0 Å². The lowest BCUT2D eigenvalue weighted by Crippen LogP contribution is -2.51. The topological polar surface area (TPSA) is 113 Å². The Morgan fingerprint density at radius 3 is 2.35 bits per heavy atom. The number of rotatable bonds is 8. The van der Waals surface area contributed by atoms with Gasteiger partial charge in [0.2, 0.25) is 5.91 Å². The highest BCUT2D eigenvalue weighted by Crippen LogP contribution is 2.18. The maximum Gasteiger partial charge on any atom is 0.235 e. The third-order valence-electron chi connectivity index (χ3n) is 4.93. The molecule has 0 saturated carbocycles. The summed E-state index contributed by atoms with van der Waals surface area (Å²) in [6.45, 7) is 2.78. The Kier molecular flexibility index (Phi) is 12.0. The van der Waals surface area contributed by atoms with Gasteiger partial charge in [-0.25, -0.2) is 0 Å². The number of primary amides is 1. The predicted molar refractivity (Wildman–Crippen MR) is 133 cm³/mol. The number of amides is 1. The quantitative estimate of drug-likeness (QED) is 0.341. The van der Waals surface area contributed by atoms with Crippen LogP contribution in [-0.4, -0.2) is 72.5 Å². The summed E-state index contributed by atoms with van der Waals surface area (Å²) < 4.78 is 0. The van der Waals surface area contributed by atoms with Gasteiger partial charge in [-0.15, -0.1) is 0 Å². The van der Waals surface area contributed by atoms with E-state index in [1.54, 1.807) is 23.5 Å². The van der Waals surface area contributed by atoms with Crippen molar-refractivity contribution in [3.8, 4) is 0 Å². The van der Waals surface area contributed by atoms with E-state index in [0.29, 0.717) is 18.1 Å². The van der Waals surface area contributed by atoms with Crippen molar-refractivity contribution in [3.05, 3.63) is 35.4 Å². The number of Topliss-reactive ketones (excluding diaryl/α,β-unsaturated/α-hetero) is 2. The second-order valence-corrected chi connectivity index (χ2v) is 9.77. The number of nitrogens with one attached hydrogen (secondary N) is 3. The number of thioether (sulfide) groups is 2. The van der Waals surface area contributed by atoms with Gasteiger partial charge in [0.15, 0.2) is 11.6 Å². The molecule has 1 amide bonds. The number of benzene rings is 1. The zero-order valence-electron chi connectivity index (χ0n) is 17.8. The molecule has 0 aliphatic carbocycles. The van der Waals surface area contributed by atoms with Crippen LogP contribution in [0.5, 0.6) is 0 Å². The fraction of sp³-hybridized carbons (Fsp3) is 0.571. The molecule has 31 heavy (non-hydrogen) atoms. The van der Waals surface area contributed by atoms with Gasteiger partial charge in [-0.3, -0.25) is 25.0 Å². The molecule has 0 unspecified atom stereocenters. The third-order valence-corrected chi connectivity index (χ3v) is 7.51. The van der Waals surface area contributed by atoms with Gasteiger partial charge < -0.3 is 11.1 Å². The minimum absolute atomic E-state index is 0.0121. The molecule has 2 aliphatic heterocycles. The molecule has 2 bridgehead atoms. The number of likely N-dealkylation sites (N-methyl/N-ethyl adjacent to an activating group) is 1. The summed E-state index contributed by atoms with van der Waals surface area (Å²) in [5, 5.41) is 9.26. The maximum atomic E-state index is 12.8. The number of hydrogen-bond acceptors (Lipinski definition) is 9. The summed E-state index contributed by atoms with van der Waals surface area (Å²) in [6.07, 6.45) is 0. The number of carbonyl (C=O) groups is 3. The average Bonchev–Trinajstić information content (AvgIpc) is 2.76. The minimum Gasteiger partial charge on any atom is -0.368 e. The second-order valence-electron chi connectivity index (χ2n) is 7.34. The second kappa shape index (κ2) is 14.2. The Labute approximate surface area is 198 Å². The molecule has 1 aromatic carbocycles. The van der Waals surface area contributed by atoms with Gasteiger partial charge in [-0.05, 0) is 17.7 Å². The van der Waals surface area contributed by atoms with Crippen LogP contribution in [0, 0.1) is 0 Å². The first-order chi connectivity index (χ1) is 14.9. The van der Waals surface area contributed by atoms with Crippen LogP contribution in [0.1, 0.15) is 18.1 Å². The Morgan fingerprint density at radius 2 is 1.81 bits per heavy atom. The van der Waals surface area contributed by atoms with Crippen LogP contribution in [0.15, 0.2) is 24.3 Å². The van der Waals surface area contributed by atoms with Crippen LogP contribution in [0.2, 0.25) is 0 Å². The zero-order valence-corrected chi connectivity index (χ0v) is 20.3. The van der Waals surface area contributed by atoms with Crippen LogP contribution in [0.4, 0.5) is 0 Å². The highest BCUT2D eigenvalue weighted by Gasteiger charge is 2.24. The van der Waals surface area contributed by atoms with Crippen molar-refractivity contribution >= 4 is 53.6 Å². The van der Waals surface area contributed by atoms with Crippen molar-refractivity contribution in [1.82, 2.24) is 16.0 Å². The predicted octanol–water partition coefficient (Wildman–Crippen LogP) is 0.614. The van der Waals surface area contributed by atoms with E-state index in [-0.39, 0.29) is 36.5 Å². The molecule has 2 heterocycles. The molecule has 0 aromatic heterocycles.